The van der Waals surface area contributed by atoms with Crippen molar-refractivity contribution in [2.75, 3.05) is 26.7 Å². The number of aromatic nitrogens is 1. The van der Waals surface area contributed by atoms with Crippen LogP contribution in [0.25, 0.3) is 0 Å². The van der Waals surface area contributed by atoms with Gasteiger partial charge in [-0.25, -0.2) is 4.98 Å². The first kappa shape index (κ1) is 16.9. The Balaban J connectivity index is 1.98. The molecule has 6 nitrogen and oxygen atoms in total. The Kier molecular flexibility index (Phi) is 5.52. The van der Waals surface area contributed by atoms with Crippen molar-refractivity contribution < 1.29 is 9.59 Å². The zero-order valence-corrected chi connectivity index (χ0v) is 14.2. The highest BCUT2D eigenvalue weighted by atomic mass is 32.1. The molecular formula is C15H24N4O2S. The number of rotatable bonds is 5. The van der Waals surface area contributed by atoms with Gasteiger partial charge in [-0.05, 0) is 33.2 Å². The molecule has 1 aromatic rings. The minimum absolute atomic E-state index is 0.0299. The van der Waals surface area contributed by atoms with Crippen LogP contribution in [0.3, 0.4) is 0 Å². The van der Waals surface area contributed by atoms with Crippen LogP contribution >= 0.6 is 11.3 Å². The van der Waals surface area contributed by atoms with Crippen molar-refractivity contribution in [2.24, 2.45) is 11.7 Å². The minimum atomic E-state index is -0.340. The van der Waals surface area contributed by atoms with Crippen LogP contribution in [0, 0.1) is 12.8 Å². The fourth-order valence-electron chi connectivity index (χ4n) is 2.83. The van der Waals surface area contributed by atoms with Crippen LogP contribution in [0.15, 0.2) is 5.38 Å². The van der Waals surface area contributed by atoms with Crippen molar-refractivity contribution in [1.82, 2.24) is 14.8 Å². The van der Waals surface area contributed by atoms with Crippen molar-refractivity contribution >= 4 is 23.2 Å². The van der Waals surface area contributed by atoms with Gasteiger partial charge in [0.15, 0.2) is 0 Å². The first-order valence-electron chi connectivity index (χ1n) is 7.58. The largest absolute Gasteiger partial charge is 0.369 e. The summed E-state index contributed by atoms with van der Waals surface area (Å²) in [6, 6.07) is -0.0299. The van der Waals surface area contributed by atoms with E-state index >= 15 is 0 Å². The van der Waals surface area contributed by atoms with Gasteiger partial charge < -0.3 is 10.6 Å². The van der Waals surface area contributed by atoms with Gasteiger partial charge in [0.2, 0.25) is 11.8 Å². The molecule has 2 unspecified atom stereocenters. The van der Waals surface area contributed by atoms with Crippen molar-refractivity contribution in [1.29, 1.82) is 0 Å². The number of nitrogens with zero attached hydrogens (tertiary/aromatic N) is 3. The molecule has 7 heteroatoms. The monoisotopic (exact) mass is 324 g/mol. The second-order valence-corrected chi connectivity index (χ2v) is 6.88. The highest BCUT2D eigenvalue weighted by Crippen LogP contribution is 2.26. The number of carbonyl (C=O) groups excluding carboxylic acids is 2. The molecule has 2 heterocycles. The number of primary amides is 1. The molecule has 2 N–H and O–H groups in total. The number of piperidine rings is 1. The SMILES string of the molecule is Cc1csc(C(C)N(C)C(=O)C2CCCN(CC(N)=O)C2)n1. The van der Waals surface area contributed by atoms with Crippen LogP contribution in [0.1, 0.15) is 36.5 Å². The van der Waals surface area contributed by atoms with E-state index in [2.05, 4.69) is 4.98 Å². The van der Waals surface area contributed by atoms with E-state index in [4.69, 9.17) is 5.73 Å². The summed E-state index contributed by atoms with van der Waals surface area (Å²) in [5, 5.41) is 2.96. The summed E-state index contributed by atoms with van der Waals surface area (Å²) < 4.78 is 0. The third kappa shape index (κ3) is 4.04. The molecule has 0 spiro atoms. The predicted molar refractivity (Wildman–Crippen MR) is 86.4 cm³/mol. The molecule has 0 aliphatic carbocycles. The van der Waals surface area contributed by atoms with Gasteiger partial charge in [0.05, 0.1) is 18.5 Å². The molecule has 0 aromatic carbocycles. The molecule has 2 atom stereocenters. The van der Waals surface area contributed by atoms with Crippen molar-refractivity contribution in [3.05, 3.63) is 16.1 Å². The van der Waals surface area contributed by atoms with Crippen LogP contribution in [0.5, 0.6) is 0 Å². The minimum Gasteiger partial charge on any atom is -0.369 e. The number of hydrogen-bond donors (Lipinski definition) is 1. The number of hydrogen-bond acceptors (Lipinski definition) is 5. The highest BCUT2D eigenvalue weighted by molar-refractivity contribution is 7.09. The van der Waals surface area contributed by atoms with E-state index in [1.54, 1.807) is 16.2 Å². The molecule has 1 saturated heterocycles. The fraction of sp³-hybridized carbons (Fsp3) is 0.667. The summed E-state index contributed by atoms with van der Waals surface area (Å²) in [6.07, 6.45) is 1.78. The first-order chi connectivity index (χ1) is 10.4. The Labute approximate surface area is 135 Å². The second kappa shape index (κ2) is 7.19. The lowest BCUT2D eigenvalue weighted by atomic mass is 9.96. The molecular weight excluding hydrogens is 300 g/mol. The maximum Gasteiger partial charge on any atom is 0.231 e. The number of thiazole rings is 1. The van der Waals surface area contributed by atoms with E-state index in [1.165, 1.54) is 0 Å². The van der Waals surface area contributed by atoms with E-state index in [0.717, 1.165) is 30.1 Å². The van der Waals surface area contributed by atoms with Crippen molar-refractivity contribution in [3.8, 4) is 0 Å². The van der Waals surface area contributed by atoms with Crippen LogP contribution in [0.4, 0.5) is 0 Å². The van der Waals surface area contributed by atoms with Gasteiger partial charge in [0.25, 0.3) is 0 Å². The Hall–Kier alpha value is -1.47. The Morgan fingerprint density at radius 2 is 2.32 bits per heavy atom. The number of aryl methyl sites for hydroxylation is 1. The zero-order chi connectivity index (χ0) is 16.3. The molecule has 122 valence electrons. The number of carbonyl (C=O) groups is 2. The summed E-state index contributed by atoms with van der Waals surface area (Å²) in [6.45, 7) is 5.62. The lowest BCUT2D eigenvalue weighted by Gasteiger charge is -2.34. The van der Waals surface area contributed by atoms with E-state index in [0.29, 0.717) is 6.54 Å². The second-order valence-electron chi connectivity index (χ2n) is 5.99. The van der Waals surface area contributed by atoms with Crippen LogP contribution in [-0.2, 0) is 9.59 Å². The third-order valence-electron chi connectivity index (χ3n) is 4.16. The summed E-state index contributed by atoms with van der Waals surface area (Å²) in [7, 11) is 1.83. The maximum absolute atomic E-state index is 12.7. The number of nitrogens with two attached hydrogens (primary N) is 1. The summed E-state index contributed by atoms with van der Waals surface area (Å²) >= 11 is 1.58. The third-order valence-corrected chi connectivity index (χ3v) is 5.29. The smallest absolute Gasteiger partial charge is 0.231 e. The first-order valence-corrected chi connectivity index (χ1v) is 8.45. The Morgan fingerprint density at radius 1 is 1.59 bits per heavy atom. The van der Waals surface area contributed by atoms with Gasteiger partial charge in [-0.2, -0.15) is 0 Å². The molecule has 0 saturated carbocycles. The standard InChI is InChI=1S/C15H24N4O2S/c1-10-9-22-14(17-10)11(2)18(3)15(21)12-5-4-6-19(7-12)8-13(16)20/h9,11-12H,4-8H2,1-3H3,(H2,16,20). The fourth-order valence-corrected chi connectivity index (χ4v) is 3.73. The van der Waals surface area contributed by atoms with Gasteiger partial charge in [0.1, 0.15) is 5.01 Å². The molecule has 1 aromatic heterocycles. The van der Waals surface area contributed by atoms with Crippen molar-refractivity contribution in [3.63, 3.8) is 0 Å². The van der Waals surface area contributed by atoms with Gasteiger partial charge in [0, 0.05) is 24.7 Å². The summed E-state index contributed by atoms with van der Waals surface area (Å²) in [5.41, 5.74) is 6.23. The van der Waals surface area contributed by atoms with Gasteiger partial charge in [-0.1, -0.05) is 0 Å². The van der Waals surface area contributed by atoms with Crippen LogP contribution < -0.4 is 5.73 Å². The molecule has 1 aliphatic rings. The number of likely N-dealkylation sites (tertiary alicyclic amines) is 1. The number of amides is 2. The molecule has 0 radical (unpaired) electrons. The van der Waals surface area contributed by atoms with Crippen molar-refractivity contribution in [2.45, 2.75) is 32.7 Å². The van der Waals surface area contributed by atoms with E-state index < -0.39 is 0 Å². The summed E-state index contributed by atoms with van der Waals surface area (Å²) in [5.74, 6) is -0.288. The zero-order valence-electron chi connectivity index (χ0n) is 13.4. The van der Waals surface area contributed by atoms with Gasteiger partial charge >= 0.3 is 0 Å². The predicted octanol–water partition coefficient (Wildman–Crippen LogP) is 1.17. The molecule has 0 bridgehead atoms. The van der Waals surface area contributed by atoms with Crippen LogP contribution in [-0.4, -0.2) is 53.3 Å². The quantitative estimate of drug-likeness (QED) is 0.882. The molecule has 22 heavy (non-hydrogen) atoms. The summed E-state index contributed by atoms with van der Waals surface area (Å²) in [4.78, 5) is 32.0. The normalized spacial score (nSPS) is 20.6. The van der Waals surface area contributed by atoms with E-state index in [9.17, 15) is 9.59 Å². The topological polar surface area (TPSA) is 79.5 Å². The Morgan fingerprint density at radius 3 is 2.91 bits per heavy atom. The van der Waals surface area contributed by atoms with E-state index in [-0.39, 0.29) is 30.3 Å². The molecule has 1 fully saturated rings. The van der Waals surface area contributed by atoms with E-state index in [1.807, 2.05) is 31.2 Å². The maximum atomic E-state index is 12.7. The Bertz CT molecular complexity index is 545. The average molecular weight is 324 g/mol. The molecule has 2 amide bonds. The van der Waals surface area contributed by atoms with Gasteiger partial charge in [-0.15, -0.1) is 11.3 Å². The highest BCUT2D eigenvalue weighted by Gasteiger charge is 2.31. The average Bonchev–Trinajstić information content (AvgIpc) is 2.91. The molecule has 1 aliphatic heterocycles. The lowest BCUT2D eigenvalue weighted by molar-refractivity contribution is -0.138. The molecule has 2 rings (SSSR count). The van der Waals surface area contributed by atoms with Gasteiger partial charge in [-0.3, -0.25) is 14.5 Å². The van der Waals surface area contributed by atoms with Crippen LogP contribution in [0.2, 0.25) is 0 Å². The lowest BCUT2D eigenvalue weighted by Crippen LogP contribution is -2.46.